The Labute approximate surface area is 129 Å². The molecule has 0 N–H and O–H groups in total. The fourth-order valence-corrected chi connectivity index (χ4v) is 3.26. The SMILES string of the molecule is COc1ccc2nc(N3CCOC4(CCOC4)C3)ccc2c1. The third-order valence-corrected chi connectivity index (χ3v) is 4.52. The van der Waals surface area contributed by atoms with E-state index in [4.69, 9.17) is 19.2 Å². The summed E-state index contributed by atoms with van der Waals surface area (Å²) in [6, 6.07) is 10.2. The monoisotopic (exact) mass is 300 g/mol. The van der Waals surface area contributed by atoms with Gasteiger partial charge in [0.2, 0.25) is 0 Å². The molecular weight excluding hydrogens is 280 g/mol. The van der Waals surface area contributed by atoms with Crippen LogP contribution in [0.3, 0.4) is 0 Å². The Morgan fingerprint density at radius 3 is 3.00 bits per heavy atom. The van der Waals surface area contributed by atoms with Gasteiger partial charge in [-0.05, 0) is 30.3 Å². The van der Waals surface area contributed by atoms with Crippen molar-refractivity contribution in [2.24, 2.45) is 0 Å². The number of aromatic nitrogens is 1. The molecule has 0 aliphatic carbocycles. The van der Waals surface area contributed by atoms with Gasteiger partial charge in [-0.3, -0.25) is 0 Å². The van der Waals surface area contributed by atoms with Gasteiger partial charge in [-0.2, -0.15) is 0 Å². The number of nitrogens with zero attached hydrogens (tertiary/aromatic N) is 2. The summed E-state index contributed by atoms with van der Waals surface area (Å²) in [6.45, 7) is 3.93. The molecule has 5 heteroatoms. The number of pyridine rings is 1. The van der Waals surface area contributed by atoms with E-state index in [0.29, 0.717) is 6.61 Å². The molecule has 1 atom stereocenters. The quantitative estimate of drug-likeness (QED) is 0.851. The molecule has 2 aliphatic rings. The number of fused-ring (bicyclic) bond motifs is 1. The molecule has 22 heavy (non-hydrogen) atoms. The zero-order chi connectivity index (χ0) is 15.0. The molecule has 0 bridgehead atoms. The van der Waals surface area contributed by atoms with Crippen LogP contribution in [-0.4, -0.2) is 50.6 Å². The molecule has 2 aliphatic heterocycles. The second-order valence-electron chi connectivity index (χ2n) is 5.98. The van der Waals surface area contributed by atoms with Crippen LogP contribution < -0.4 is 9.64 Å². The molecule has 0 amide bonds. The number of methoxy groups -OCH3 is 1. The van der Waals surface area contributed by atoms with Gasteiger partial charge in [0.05, 0.1) is 32.4 Å². The summed E-state index contributed by atoms with van der Waals surface area (Å²) in [7, 11) is 1.68. The first-order valence-electron chi connectivity index (χ1n) is 7.70. The Balaban J connectivity index is 1.63. The smallest absolute Gasteiger partial charge is 0.129 e. The lowest BCUT2D eigenvalue weighted by molar-refractivity contribution is -0.0581. The molecule has 4 rings (SSSR count). The van der Waals surface area contributed by atoms with Crippen molar-refractivity contribution in [1.29, 1.82) is 0 Å². The van der Waals surface area contributed by atoms with E-state index in [1.807, 2.05) is 18.2 Å². The number of hydrogen-bond acceptors (Lipinski definition) is 5. The Morgan fingerprint density at radius 2 is 2.18 bits per heavy atom. The van der Waals surface area contributed by atoms with Gasteiger partial charge >= 0.3 is 0 Å². The van der Waals surface area contributed by atoms with Gasteiger partial charge < -0.3 is 19.1 Å². The van der Waals surface area contributed by atoms with Gasteiger partial charge in [-0.15, -0.1) is 0 Å². The predicted molar refractivity (Wildman–Crippen MR) is 84.6 cm³/mol. The maximum Gasteiger partial charge on any atom is 0.129 e. The van der Waals surface area contributed by atoms with Crippen LogP contribution in [0.1, 0.15) is 6.42 Å². The lowest BCUT2D eigenvalue weighted by Crippen LogP contribution is -2.52. The highest BCUT2D eigenvalue weighted by Crippen LogP contribution is 2.30. The summed E-state index contributed by atoms with van der Waals surface area (Å²) in [6.07, 6.45) is 0.967. The molecule has 2 fully saturated rings. The van der Waals surface area contributed by atoms with Gasteiger partial charge in [-0.25, -0.2) is 4.98 Å². The molecule has 0 saturated carbocycles. The third-order valence-electron chi connectivity index (χ3n) is 4.52. The molecule has 1 aromatic carbocycles. The van der Waals surface area contributed by atoms with Crippen LogP contribution in [0.15, 0.2) is 30.3 Å². The minimum absolute atomic E-state index is 0.144. The van der Waals surface area contributed by atoms with Gasteiger partial charge in [0.1, 0.15) is 17.2 Å². The van der Waals surface area contributed by atoms with Crippen molar-refractivity contribution in [3.63, 3.8) is 0 Å². The number of anilines is 1. The first-order chi connectivity index (χ1) is 10.8. The van der Waals surface area contributed by atoms with E-state index >= 15 is 0 Å². The fourth-order valence-electron chi connectivity index (χ4n) is 3.26. The van der Waals surface area contributed by atoms with E-state index in [9.17, 15) is 0 Å². The van der Waals surface area contributed by atoms with Gasteiger partial charge in [0, 0.05) is 25.0 Å². The number of rotatable bonds is 2. The standard InChI is InChI=1S/C17H20N2O3/c1-20-14-3-4-15-13(10-14)2-5-16(18-15)19-7-9-22-17(11-19)6-8-21-12-17/h2-5,10H,6-9,11-12H2,1H3. The minimum Gasteiger partial charge on any atom is -0.497 e. The van der Waals surface area contributed by atoms with Crippen LogP contribution in [0.25, 0.3) is 10.9 Å². The van der Waals surface area contributed by atoms with Crippen LogP contribution in [0.2, 0.25) is 0 Å². The summed E-state index contributed by atoms with van der Waals surface area (Å²) < 4.78 is 16.8. The van der Waals surface area contributed by atoms with E-state index in [0.717, 1.165) is 55.2 Å². The van der Waals surface area contributed by atoms with Gasteiger partial charge in [0.15, 0.2) is 0 Å². The highest BCUT2D eigenvalue weighted by molar-refractivity contribution is 5.81. The summed E-state index contributed by atoms with van der Waals surface area (Å²) in [5.74, 6) is 1.86. The van der Waals surface area contributed by atoms with Crippen LogP contribution >= 0.6 is 0 Å². The van der Waals surface area contributed by atoms with Crippen molar-refractivity contribution >= 4 is 16.7 Å². The zero-order valence-corrected chi connectivity index (χ0v) is 12.7. The Hall–Kier alpha value is -1.85. The molecule has 1 spiro atoms. The van der Waals surface area contributed by atoms with Crippen LogP contribution in [0.5, 0.6) is 5.75 Å². The Bertz CT molecular complexity index is 683. The van der Waals surface area contributed by atoms with E-state index in [1.54, 1.807) is 7.11 Å². The molecule has 2 saturated heterocycles. The maximum absolute atomic E-state index is 5.98. The topological polar surface area (TPSA) is 43.8 Å². The van der Waals surface area contributed by atoms with Crippen LogP contribution in [0.4, 0.5) is 5.82 Å². The first kappa shape index (κ1) is 13.8. The fraction of sp³-hybridized carbons (Fsp3) is 0.471. The first-order valence-corrected chi connectivity index (χ1v) is 7.70. The van der Waals surface area contributed by atoms with Crippen molar-refractivity contribution in [3.05, 3.63) is 30.3 Å². The van der Waals surface area contributed by atoms with E-state index < -0.39 is 0 Å². The second-order valence-corrected chi connectivity index (χ2v) is 5.98. The summed E-state index contributed by atoms with van der Waals surface area (Å²) >= 11 is 0. The van der Waals surface area contributed by atoms with Crippen molar-refractivity contribution < 1.29 is 14.2 Å². The predicted octanol–water partition coefficient (Wildman–Crippen LogP) is 2.24. The van der Waals surface area contributed by atoms with Gasteiger partial charge in [-0.1, -0.05) is 0 Å². The molecular formula is C17H20N2O3. The zero-order valence-electron chi connectivity index (χ0n) is 12.7. The second kappa shape index (κ2) is 5.41. The number of hydrogen-bond donors (Lipinski definition) is 0. The van der Waals surface area contributed by atoms with E-state index in [2.05, 4.69) is 17.0 Å². The average molecular weight is 300 g/mol. The van der Waals surface area contributed by atoms with Crippen LogP contribution in [0, 0.1) is 0 Å². The molecule has 0 radical (unpaired) electrons. The molecule has 5 nitrogen and oxygen atoms in total. The number of benzene rings is 1. The Morgan fingerprint density at radius 1 is 1.23 bits per heavy atom. The van der Waals surface area contributed by atoms with E-state index in [1.165, 1.54) is 0 Å². The normalized spacial score (nSPS) is 25.0. The minimum atomic E-state index is -0.144. The van der Waals surface area contributed by atoms with Crippen molar-refractivity contribution in [2.75, 3.05) is 44.9 Å². The van der Waals surface area contributed by atoms with Gasteiger partial charge in [0.25, 0.3) is 0 Å². The summed E-state index contributed by atoms with van der Waals surface area (Å²) in [4.78, 5) is 7.11. The molecule has 1 unspecified atom stereocenters. The van der Waals surface area contributed by atoms with E-state index in [-0.39, 0.29) is 5.60 Å². The lowest BCUT2D eigenvalue weighted by Gasteiger charge is -2.40. The number of ether oxygens (including phenoxy) is 3. The average Bonchev–Trinajstić information content (AvgIpc) is 3.01. The molecule has 116 valence electrons. The summed E-state index contributed by atoms with van der Waals surface area (Å²) in [5.41, 5.74) is 0.843. The molecule has 1 aromatic heterocycles. The lowest BCUT2D eigenvalue weighted by atomic mass is 10.0. The highest BCUT2D eigenvalue weighted by Gasteiger charge is 2.40. The Kier molecular flexibility index (Phi) is 3.39. The molecule has 3 heterocycles. The largest absolute Gasteiger partial charge is 0.497 e. The molecule has 2 aromatic rings. The van der Waals surface area contributed by atoms with Crippen molar-refractivity contribution in [3.8, 4) is 5.75 Å². The maximum atomic E-state index is 5.98. The highest BCUT2D eigenvalue weighted by atomic mass is 16.6. The van der Waals surface area contributed by atoms with Crippen molar-refractivity contribution in [2.45, 2.75) is 12.0 Å². The van der Waals surface area contributed by atoms with Crippen molar-refractivity contribution in [1.82, 2.24) is 4.98 Å². The summed E-state index contributed by atoms with van der Waals surface area (Å²) in [5, 5.41) is 1.09. The number of morpholine rings is 1. The third kappa shape index (κ3) is 2.40. The van der Waals surface area contributed by atoms with Crippen LogP contribution in [-0.2, 0) is 9.47 Å².